The van der Waals surface area contributed by atoms with Crippen molar-refractivity contribution >= 4 is 41.5 Å². The third-order valence-corrected chi connectivity index (χ3v) is 6.06. The van der Waals surface area contributed by atoms with E-state index < -0.39 is 52.1 Å². The SMILES string of the molecule is CC(C)(C)OC(=O)N1CC[C@H](NC(=O)CN=C(NC(=O)OCc2ccc([N+](=O)[O-])cc2)NC(=O)OCc2ccc([N+](=O)[O-])cc2)C1. The largest absolute Gasteiger partial charge is 0.444 e. The first kappa shape index (κ1) is 34.7. The Morgan fingerprint density at radius 2 is 1.35 bits per heavy atom. The zero-order chi connectivity index (χ0) is 33.9. The van der Waals surface area contributed by atoms with E-state index in [1.54, 1.807) is 20.8 Å². The molecule has 3 rings (SSSR count). The summed E-state index contributed by atoms with van der Waals surface area (Å²) in [7, 11) is 0. The van der Waals surface area contributed by atoms with Crippen LogP contribution in [-0.2, 0) is 32.2 Å². The van der Waals surface area contributed by atoms with Crippen molar-refractivity contribution in [1.82, 2.24) is 20.9 Å². The number of likely N-dealkylation sites (tertiary alicyclic amines) is 1. The summed E-state index contributed by atoms with van der Waals surface area (Å²) in [5.74, 6) is -1.06. The number of non-ortho nitro benzene ring substituents is 2. The lowest BCUT2D eigenvalue weighted by molar-refractivity contribution is -0.385. The van der Waals surface area contributed by atoms with Crippen LogP contribution in [-0.4, -0.2) is 76.2 Å². The monoisotopic (exact) mass is 643 g/mol. The Kier molecular flexibility index (Phi) is 11.9. The van der Waals surface area contributed by atoms with E-state index in [-0.39, 0.29) is 37.2 Å². The molecule has 1 aliphatic heterocycles. The number of carbonyl (C=O) groups excluding carboxylic acids is 4. The molecule has 0 bridgehead atoms. The molecule has 1 saturated heterocycles. The average Bonchev–Trinajstić information content (AvgIpc) is 3.46. The molecular formula is C28H33N7O11. The fraction of sp³-hybridized carbons (Fsp3) is 0.393. The van der Waals surface area contributed by atoms with Crippen LogP contribution in [0, 0.1) is 20.2 Å². The van der Waals surface area contributed by atoms with Gasteiger partial charge in [0.15, 0.2) is 0 Å². The van der Waals surface area contributed by atoms with Crippen molar-refractivity contribution in [1.29, 1.82) is 0 Å². The number of nitrogens with one attached hydrogen (secondary N) is 3. The topological polar surface area (TPSA) is 234 Å². The van der Waals surface area contributed by atoms with Crippen LogP contribution in [0.1, 0.15) is 38.3 Å². The van der Waals surface area contributed by atoms with E-state index in [1.165, 1.54) is 53.4 Å². The number of benzene rings is 2. The quantitative estimate of drug-likeness (QED) is 0.118. The summed E-state index contributed by atoms with van der Waals surface area (Å²) >= 11 is 0. The van der Waals surface area contributed by atoms with Crippen molar-refractivity contribution in [3.8, 4) is 0 Å². The van der Waals surface area contributed by atoms with Crippen LogP contribution in [0.5, 0.6) is 0 Å². The fourth-order valence-electron chi connectivity index (χ4n) is 3.90. The minimum Gasteiger partial charge on any atom is -0.444 e. The maximum atomic E-state index is 12.6. The number of nitro benzene ring substituents is 2. The molecule has 1 heterocycles. The second-order valence-corrected chi connectivity index (χ2v) is 10.9. The van der Waals surface area contributed by atoms with Crippen LogP contribution in [0.25, 0.3) is 0 Å². The number of ether oxygens (including phenoxy) is 3. The number of guanidine groups is 1. The second kappa shape index (κ2) is 15.8. The smallest absolute Gasteiger partial charge is 0.414 e. The van der Waals surface area contributed by atoms with Crippen molar-refractivity contribution in [2.75, 3.05) is 19.6 Å². The van der Waals surface area contributed by atoms with Gasteiger partial charge in [0.1, 0.15) is 25.4 Å². The van der Waals surface area contributed by atoms with Crippen molar-refractivity contribution in [3.05, 3.63) is 79.9 Å². The third-order valence-electron chi connectivity index (χ3n) is 6.06. The number of rotatable bonds is 9. The maximum Gasteiger partial charge on any atom is 0.414 e. The van der Waals surface area contributed by atoms with Gasteiger partial charge in [-0.1, -0.05) is 0 Å². The Hall–Kier alpha value is -5.81. The zero-order valence-electron chi connectivity index (χ0n) is 25.2. The van der Waals surface area contributed by atoms with Crippen molar-refractivity contribution in [2.45, 2.75) is 52.0 Å². The van der Waals surface area contributed by atoms with Gasteiger partial charge in [0.05, 0.1) is 9.85 Å². The second-order valence-electron chi connectivity index (χ2n) is 10.9. The van der Waals surface area contributed by atoms with E-state index in [1.807, 2.05) is 0 Å². The lowest BCUT2D eigenvalue weighted by Crippen LogP contribution is -2.45. The molecular weight excluding hydrogens is 610 g/mol. The summed E-state index contributed by atoms with van der Waals surface area (Å²) in [5, 5.41) is 28.8. The van der Waals surface area contributed by atoms with Crippen LogP contribution < -0.4 is 16.0 Å². The van der Waals surface area contributed by atoms with Crippen LogP contribution >= 0.6 is 0 Å². The van der Waals surface area contributed by atoms with E-state index in [9.17, 15) is 39.4 Å². The number of carbonyl (C=O) groups is 4. The number of nitrogens with zero attached hydrogens (tertiary/aromatic N) is 4. The highest BCUT2D eigenvalue weighted by Crippen LogP contribution is 2.16. The van der Waals surface area contributed by atoms with E-state index in [0.717, 1.165) is 0 Å². The Labute approximate surface area is 262 Å². The van der Waals surface area contributed by atoms with Gasteiger partial charge in [0.2, 0.25) is 11.9 Å². The van der Waals surface area contributed by atoms with Crippen LogP contribution in [0.3, 0.4) is 0 Å². The molecule has 1 fully saturated rings. The summed E-state index contributed by atoms with van der Waals surface area (Å²) < 4.78 is 15.5. The van der Waals surface area contributed by atoms with Crippen LogP contribution in [0.4, 0.5) is 25.8 Å². The molecule has 0 saturated carbocycles. The van der Waals surface area contributed by atoms with Gasteiger partial charge in [-0.2, -0.15) is 0 Å². The molecule has 246 valence electrons. The molecule has 1 atom stereocenters. The van der Waals surface area contributed by atoms with Gasteiger partial charge in [0, 0.05) is 43.4 Å². The summed E-state index contributed by atoms with van der Waals surface area (Å²) in [6, 6.07) is 10.2. The molecule has 0 aromatic heterocycles. The van der Waals surface area contributed by atoms with Gasteiger partial charge in [0.25, 0.3) is 11.4 Å². The number of hydrogen-bond donors (Lipinski definition) is 3. The lowest BCUT2D eigenvalue weighted by atomic mass is 10.2. The molecule has 2 aromatic carbocycles. The molecule has 46 heavy (non-hydrogen) atoms. The predicted molar refractivity (Wildman–Crippen MR) is 159 cm³/mol. The molecule has 0 radical (unpaired) electrons. The molecule has 0 spiro atoms. The number of alkyl carbamates (subject to hydrolysis) is 2. The normalized spacial score (nSPS) is 14.0. The highest BCUT2D eigenvalue weighted by Gasteiger charge is 2.30. The molecule has 1 aliphatic rings. The number of nitro groups is 2. The Morgan fingerprint density at radius 1 is 0.870 bits per heavy atom. The number of aliphatic imine (C=N–C) groups is 1. The fourth-order valence-corrected chi connectivity index (χ4v) is 3.90. The number of amides is 4. The average molecular weight is 644 g/mol. The highest BCUT2D eigenvalue weighted by atomic mass is 16.6. The first-order valence-electron chi connectivity index (χ1n) is 13.8. The van der Waals surface area contributed by atoms with E-state index in [4.69, 9.17) is 14.2 Å². The number of hydrogen-bond acceptors (Lipinski definition) is 12. The van der Waals surface area contributed by atoms with Crippen molar-refractivity contribution in [3.63, 3.8) is 0 Å². The predicted octanol–water partition coefficient (Wildman–Crippen LogP) is 3.14. The van der Waals surface area contributed by atoms with E-state index in [0.29, 0.717) is 24.1 Å². The van der Waals surface area contributed by atoms with Gasteiger partial charge in [-0.05, 0) is 62.6 Å². The lowest BCUT2D eigenvalue weighted by Gasteiger charge is -2.24. The Bertz CT molecular complexity index is 1390. The standard InChI is InChI=1S/C28H33N7O11/c1-28(2,3)46-27(39)33-13-12-20(15-33)30-23(36)14-29-24(31-25(37)44-16-18-4-8-21(9-5-18)34(40)41)32-26(38)45-17-19-6-10-22(11-7-19)35(42)43/h4-11,20H,12-17H2,1-3H3,(H,30,36)(H2,29,31,32,37,38)/t20-/m0/s1. The molecule has 18 nitrogen and oxygen atoms in total. The van der Waals surface area contributed by atoms with Crippen molar-refractivity contribution in [2.24, 2.45) is 4.99 Å². The van der Waals surface area contributed by atoms with Gasteiger partial charge >= 0.3 is 18.3 Å². The molecule has 0 aliphatic carbocycles. The Balaban J connectivity index is 1.59. The van der Waals surface area contributed by atoms with Crippen molar-refractivity contribution < 1.29 is 43.2 Å². The maximum absolute atomic E-state index is 12.6. The van der Waals surface area contributed by atoms with Gasteiger partial charge in [-0.25, -0.2) is 19.4 Å². The van der Waals surface area contributed by atoms with Gasteiger partial charge in [-0.3, -0.25) is 35.7 Å². The zero-order valence-corrected chi connectivity index (χ0v) is 25.2. The molecule has 4 amide bonds. The first-order valence-corrected chi connectivity index (χ1v) is 13.8. The third kappa shape index (κ3) is 11.7. The highest BCUT2D eigenvalue weighted by molar-refractivity contribution is 6.02. The Morgan fingerprint density at radius 3 is 1.78 bits per heavy atom. The van der Waals surface area contributed by atoms with Crippen LogP contribution in [0.2, 0.25) is 0 Å². The summed E-state index contributed by atoms with van der Waals surface area (Å²) in [6.07, 6.45) is -2.17. The van der Waals surface area contributed by atoms with Gasteiger partial charge in [-0.15, -0.1) is 0 Å². The molecule has 18 heteroatoms. The minimum absolute atomic E-state index is 0.146. The molecule has 0 unspecified atom stereocenters. The summed E-state index contributed by atoms with van der Waals surface area (Å²) in [5.41, 5.74) is -0.0904. The molecule has 2 aromatic rings. The first-order chi connectivity index (χ1) is 21.7. The van der Waals surface area contributed by atoms with Gasteiger partial charge < -0.3 is 24.4 Å². The van der Waals surface area contributed by atoms with E-state index in [2.05, 4.69) is 20.9 Å². The van der Waals surface area contributed by atoms with E-state index >= 15 is 0 Å². The molecule has 3 N–H and O–H groups in total. The van der Waals surface area contributed by atoms with Crippen LogP contribution in [0.15, 0.2) is 53.5 Å². The summed E-state index contributed by atoms with van der Waals surface area (Å²) in [4.78, 5) is 75.7. The minimum atomic E-state index is -1.07. The summed E-state index contributed by atoms with van der Waals surface area (Å²) in [6.45, 7) is 4.73.